The molecule has 1 aliphatic rings. The maximum Gasteiger partial charge on any atom is 0.337 e. The number of benzene rings is 1. The second kappa shape index (κ2) is 5.54. The van der Waals surface area contributed by atoms with Gasteiger partial charge < -0.3 is 15.7 Å². The number of rotatable bonds is 3. The van der Waals surface area contributed by atoms with E-state index in [0.717, 1.165) is 0 Å². The van der Waals surface area contributed by atoms with Crippen molar-refractivity contribution in [2.24, 2.45) is 11.8 Å². The number of anilines is 1. The molecule has 1 aromatic carbocycles. The summed E-state index contributed by atoms with van der Waals surface area (Å²) in [6, 6.07) is 1.24. The van der Waals surface area contributed by atoms with Gasteiger partial charge in [-0.1, -0.05) is 6.92 Å². The average molecular weight is 284 g/mol. The molecule has 1 fully saturated rings. The molecule has 1 saturated heterocycles. The monoisotopic (exact) mass is 284 g/mol. The summed E-state index contributed by atoms with van der Waals surface area (Å²) in [4.78, 5) is 23.0. The molecule has 1 heterocycles. The second-order valence-electron chi connectivity index (χ2n) is 4.85. The van der Waals surface area contributed by atoms with Gasteiger partial charge in [0, 0.05) is 12.6 Å². The molecule has 2 unspecified atom stereocenters. The van der Waals surface area contributed by atoms with Crippen LogP contribution in [0.25, 0.3) is 0 Å². The van der Waals surface area contributed by atoms with Gasteiger partial charge in [-0.25, -0.2) is 13.6 Å². The highest BCUT2D eigenvalue weighted by atomic mass is 19.2. The molecule has 0 aliphatic carbocycles. The maximum atomic E-state index is 13.2. The standard InChI is InChI=1S/C13H14F2N2O3/c1-6-4-16-5-8(6)12(18)17-11-3-10(15)9(14)2-7(11)13(19)20/h2-3,6,8,16H,4-5H2,1H3,(H,17,18)(H,19,20). The van der Waals surface area contributed by atoms with Crippen LogP contribution < -0.4 is 10.6 Å². The van der Waals surface area contributed by atoms with Gasteiger partial charge in [0.05, 0.1) is 17.2 Å². The number of carbonyl (C=O) groups is 2. The topological polar surface area (TPSA) is 78.4 Å². The number of carboxylic acid groups (broad SMARTS) is 1. The third kappa shape index (κ3) is 2.77. The van der Waals surface area contributed by atoms with Gasteiger partial charge in [0.15, 0.2) is 11.6 Å². The van der Waals surface area contributed by atoms with Crippen molar-refractivity contribution in [3.63, 3.8) is 0 Å². The van der Waals surface area contributed by atoms with E-state index in [0.29, 0.717) is 25.2 Å². The van der Waals surface area contributed by atoms with Gasteiger partial charge in [-0.15, -0.1) is 0 Å². The molecule has 1 aliphatic heterocycles. The molecular weight excluding hydrogens is 270 g/mol. The second-order valence-corrected chi connectivity index (χ2v) is 4.85. The van der Waals surface area contributed by atoms with E-state index in [2.05, 4.69) is 10.6 Å². The first-order valence-electron chi connectivity index (χ1n) is 6.14. The summed E-state index contributed by atoms with van der Waals surface area (Å²) in [5, 5.41) is 14.4. The summed E-state index contributed by atoms with van der Waals surface area (Å²) in [6.07, 6.45) is 0. The van der Waals surface area contributed by atoms with E-state index in [-0.39, 0.29) is 17.5 Å². The minimum Gasteiger partial charge on any atom is -0.478 e. The van der Waals surface area contributed by atoms with Crippen LogP contribution in [0.2, 0.25) is 0 Å². The maximum absolute atomic E-state index is 13.2. The van der Waals surface area contributed by atoms with Gasteiger partial charge in [0.25, 0.3) is 0 Å². The number of halogens is 2. The van der Waals surface area contributed by atoms with Crippen molar-refractivity contribution >= 4 is 17.6 Å². The molecule has 1 aromatic rings. The van der Waals surface area contributed by atoms with Crippen molar-refractivity contribution in [1.82, 2.24) is 5.32 Å². The normalized spacial score (nSPS) is 21.8. The zero-order valence-corrected chi connectivity index (χ0v) is 10.7. The van der Waals surface area contributed by atoms with Crippen LogP contribution in [0, 0.1) is 23.5 Å². The number of aromatic carboxylic acids is 1. The third-order valence-electron chi connectivity index (χ3n) is 3.40. The van der Waals surface area contributed by atoms with Crippen molar-refractivity contribution in [2.75, 3.05) is 18.4 Å². The lowest BCUT2D eigenvalue weighted by atomic mass is 9.97. The molecule has 2 atom stereocenters. The number of carbonyl (C=O) groups excluding carboxylic acids is 1. The number of hydrogen-bond donors (Lipinski definition) is 3. The van der Waals surface area contributed by atoms with E-state index < -0.39 is 29.1 Å². The Hall–Kier alpha value is -2.02. The molecule has 0 bridgehead atoms. The molecule has 5 nitrogen and oxygen atoms in total. The molecule has 0 saturated carbocycles. The predicted molar refractivity (Wildman–Crippen MR) is 67.5 cm³/mol. The van der Waals surface area contributed by atoms with E-state index in [1.165, 1.54) is 0 Å². The van der Waals surface area contributed by atoms with E-state index in [9.17, 15) is 18.4 Å². The summed E-state index contributed by atoms with van der Waals surface area (Å²) in [5.74, 6) is -4.55. The first-order chi connectivity index (χ1) is 9.40. The Balaban J connectivity index is 2.26. The number of amides is 1. The molecule has 2 rings (SSSR count). The lowest BCUT2D eigenvalue weighted by Crippen LogP contribution is -2.28. The lowest BCUT2D eigenvalue weighted by molar-refractivity contribution is -0.120. The SMILES string of the molecule is CC1CNCC1C(=O)Nc1cc(F)c(F)cc1C(=O)O. The van der Waals surface area contributed by atoms with Gasteiger partial charge in [-0.05, 0) is 18.5 Å². The van der Waals surface area contributed by atoms with E-state index in [1.807, 2.05) is 6.92 Å². The molecule has 0 radical (unpaired) electrons. The zero-order chi connectivity index (χ0) is 14.9. The molecule has 0 spiro atoms. The Labute approximate surface area is 114 Å². The average Bonchev–Trinajstić information content (AvgIpc) is 2.79. The van der Waals surface area contributed by atoms with Crippen LogP contribution >= 0.6 is 0 Å². The summed E-state index contributed by atoms with van der Waals surface area (Å²) in [5.41, 5.74) is -0.712. The Kier molecular flexibility index (Phi) is 3.99. The fourth-order valence-electron chi connectivity index (χ4n) is 2.21. The van der Waals surface area contributed by atoms with E-state index in [4.69, 9.17) is 5.11 Å². The largest absolute Gasteiger partial charge is 0.478 e. The van der Waals surface area contributed by atoms with Gasteiger partial charge in [-0.2, -0.15) is 0 Å². The lowest BCUT2D eigenvalue weighted by Gasteiger charge is -2.15. The van der Waals surface area contributed by atoms with E-state index in [1.54, 1.807) is 0 Å². The highest BCUT2D eigenvalue weighted by Gasteiger charge is 2.30. The van der Waals surface area contributed by atoms with E-state index >= 15 is 0 Å². The highest BCUT2D eigenvalue weighted by molar-refractivity contribution is 6.01. The van der Waals surface area contributed by atoms with Crippen molar-refractivity contribution in [2.45, 2.75) is 6.92 Å². The summed E-state index contributed by atoms with van der Waals surface area (Å²) in [7, 11) is 0. The Bertz CT molecular complexity index is 563. The van der Waals surface area contributed by atoms with Crippen LogP contribution in [0.4, 0.5) is 14.5 Å². The van der Waals surface area contributed by atoms with Crippen LogP contribution in [0.1, 0.15) is 17.3 Å². The minimum absolute atomic E-state index is 0.0913. The summed E-state index contributed by atoms with van der Waals surface area (Å²) in [6.45, 7) is 3.04. The Morgan fingerprint density at radius 1 is 1.30 bits per heavy atom. The van der Waals surface area contributed by atoms with Gasteiger partial charge in [0.2, 0.25) is 5.91 Å². The van der Waals surface area contributed by atoms with Crippen LogP contribution in [0.3, 0.4) is 0 Å². The molecule has 7 heteroatoms. The quantitative estimate of drug-likeness (QED) is 0.785. The first-order valence-corrected chi connectivity index (χ1v) is 6.14. The molecular formula is C13H14F2N2O3. The number of hydrogen-bond acceptors (Lipinski definition) is 3. The number of carboxylic acids is 1. The van der Waals surface area contributed by atoms with Crippen molar-refractivity contribution < 1.29 is 23.5 Å². The predicted octanol–water partition coefficient (Wildman–Crippen LogP) is 1.46. The van der Waals surface area contributed by atoms with Crippen LogP contribution in [-0.4, -0.2) is 30.1 Å². The van der Waals surface area contributed by atoms with Gasteiger partial charge in [-0.3, -0.25) is 4.79 Å². The molecule has 1 amide bonds. The van der Waals surface area contributed by atoms with Gasteiger partial charge in [0.1, 0.15) is 0 Å². The molecule has 108 valence electrons. The Morgan fingerprint density at radius 2 is 1.95 bits per heavy atom. The highest BCUT2D eigenvalue weighted by Crippen LogP contribution is 2.23. The van der Waals surface area contributed by atoms with Crippen molar-refractivity contribution in [1.29, 1.82) is 0 Å². The van der Waals surface area contributed by atoms with Gasteiger partial charge >= 0.3 is 5.97 Å². The third-order valence-corrected chi connectivity index (χ3v) is 3.40. The smallest absolute Gasteiger partial charge is 0.337 e. The fraction of sp³-hybridized carbons (Fsp3) is 0.385. The van der Waals surface area contributed by atoms with Crippen LogP contribution in [0.5, 0.6) is 0 Å². The first kappa shape index (κ1) is 14.4. The molecule has 20 heavy (non-hydrogen) atoms. The van der Waals surface area contributed by atoms with Crippen LogP contribution in [-0.2, 0) is 4.79 Å². The number of nitrogens with one attached hydrogen (secondary N) is 2. The minimum atomic E-state index is -1.43. The summed E-state index contributed by atoms with van der Waals surface area (Å²) >= 11 is 0. The fourth-order valence-corrected chi connectivity index (χ4v) is 2.21. The van der Waals surface area contributed by atoms with Crippen LogP contribution in [0.15, 0.2) is 12.1 Å². The van der Waals surface area contributed by atoms with Crippen molar-refractivity contribution in [3.05, 3.63) is 29.3 Å². The summed E-state index contributed by atoms with van der Waals surface area (Å²) < 4.78 is 26.3. The molecule has 0 aromatic heterocycles. The Morgan fingerprint density at radius 3 is 2.50 bits per heavy atom. The molecule has 3 N–H and O–H groups in total. The van der Waals surface area contributed by atoms with Crippen molar-refractivity contribution in [3.8, 4) is 0 Å². The zero-order valence-electron chi connectivity index (χ0n) is 10.7.